The lowest BCUT2D eigenvalue weighted by molar-refractivity contribution is 0.619. The second-order valence-corrected chi connectivity index (χ2v) is 4.05. The van der Waals surface area contributed by atoms with E-state index < -0.39 is 0 Å². The van der Waals surface area contributed by atoms with E-state index in [0.29, 0.717) is 27.8 Å². The van der Waals surface area contributed by atoms with Gasteiger partial charge in [0.05, 0.1) is 0 Å². The number of hydrogen-bond donors (Lipinski definition) is 1. The van der Waals surface area contributed by atoms with Crippen molar-refractivity contribution in [3.8, 4) is 11.5 Å². The van der Waals surface area contributed by atoms with Crippen LogP contribution in [-0.4, -0.2) is 9.97 Å². The van der Waals surface area contributed by atoms with Crippen LogP contribution in [-0.2, 0) is 0 Å². The molecule has 0 fully saturated rings. The van der Waals surface area contributed by atoms with Crippen LogP contribution in [0.25, 0.3) is 22.7 Å². The summed E-state index contributed by atoms with van der Waals surface area (Å²) >= 11 is 5.93. The fourth-order valence-electron chi connectivity index (χ4n) is 1.63. The number of nitrogens with zero attached hydrogens (tertiary/aromatic N) is 2. The predicted molar refractivity (Wildman–Crippen MR) is 66.7 cm³/mol. The molecule has 0 spiro atoms. The molecule has 0 radical (unpaired) electrons. The molecule has 0 bridgehead atoms. The van der Waals surface area contributed by atoms with Crippen LogP contribution in [0.1, 0.15) is 0 Å². The highest BCUT2D eigenvalue weighted by molar-refractivity contribution is 6.31. The fourth-order valence-corrected chi connectivity index (χ4v) is 1.87. The topological polar surface area (TPSA) is 64.9 Å². The van der Waals surface area contributed by atoms with Crippen LogP contribution in [0.2, 0.25) is 5.02 Å². The zero-order valence-electron chi connectivity index (χ0n) is 8.72. The van der Waals surface area contributed by atoms with Gasteiger partial charge < -0.3 is 10.2 Å². The number of aromatic nitrogens is 2. The van der Waals surface area contributed by atoms with Crippen molar-refractivity contribution in [1.29, 1.82) is 0 Å². The zero-order chi connectivity index (χ0) is 11.8. The highest BCUT2D eigenvalue weighted by Crippen LogP contribution is 2.27. The molecule has 84 valence electrons. The minimum Gasteiger partial charge on any atom is -0.434 e. The summed E-state index contributed by atoms with van der Waals surface area (Å²) in [6, 6.07) is 8.79. The van der Waals surface area contributed by atoms with Gasteiger partial charge in [0, 0.05) is 22.5 Å². The Morgan fingerprint density at radius 3 is 2.88 bits per heavy atom. The third kappa shape index (κ3) is 1.83. The summed E-state index contributed by atoms with van der Waals surface area (Å²) in [5, 5.41) is 0.551. The number of fused-ring (bicyclic) bond motifs is 1. The first-order valence-electron chi connectivity index (χ1n) is 5.00. The van der Waals surface area contributed by atoms with Crippen molar-refractivity contribution in [2.45, 2.75) is 0 Å². The maximum Gasteiger partial charge on any atom is 0.229 e. The molecule has 2 aromatic heterocycles. The lowest BCUT2D eigenvalue weighted by atomic mass is 10.2. The lowest BCUT2D eigenvalue weighted by Crippen LogP contribution is -1.86. The third-order valence-corrected chi connectivity index (χ3v) is 2.55. The quantitative estimate of drug-likeness (QED) is 0.669. The van der Waals surface area contributed by atoms with Gasteiger partial charge in [-0.25, -0.2) is 4.98 Å². The van der Waals surface area contributed by atoms with Gasteiger partial charge in [0.2, 0.25) is 5.89 Å². The Labute approximate surface area is 102 Å². The van der Waals surface area contributed by atoms with Crippen molar-refractivity contribution in [2.24, 2.45) is 0 Å². The van der Waals surface area contributed by atoms with Gasteiger partial charge in [0.15, 0.2) is 11.2 Å². The van der Waals surface area contributed by atoms with Crippen molar-refractivity contribution < 1.29 is 4.42 Å². The highest BCUT2D eigenvalue weighted by Gasteiger charge is 2.09. The van der Waals surface area contributed by atoms with E-state index in [9.17, 15) is 0 Å². The highest BCUT2D eigenvalue weighted by atomic mass is 35.5. The number of halogens is 1. The number of oxazole rings is 1. The molecule has 0 aliphatic carbocycles. The van der Waals surface area contributed by atoms with Crippen LogP contribution in [0.15, 0.2) is 40.9 Å². The van der Waals surface area contributed by atoms with Crippen molar-refractivity contribution in [2.75, 3.05) is 5.73 Å². The van der Waals surface area contributed by atoms with Crippen LogP contribution in [0.3, 0.4) is 0 Å². The van der Waals surface area contributed by atoms with E-state index in [0.717, 1.165) is 5.56 Å². The van der Waals surface area contributed by atoms with Gasteiger partial charge in [-0.1, -0.05) is 11.6 Å². The van der Waals surface area contributed by atoms with Crippen molar-refractivity contribution in [3.05, 3.63) is 41.6 Å². The van der Waals surface area contributed by atoms with Gasteiger partial charge >= 0.3 is 0 Å². The SMILES string of the molecule is Nc1cc(Cl)cc(-c2nc3ncccc3o2)c1. The minimum absolute atomic E-state index is 0.466. The Morgan fingerprint density at radius 2 is 2.12 bits per heavy atom. The molecule has 0 amide bonds. The van der Waals surface area contributed by atoms with Gasteiger partial charge in [-0.15, -0.1) is 0 Å². The monoisotopic (exact) mass is 245 g/mol. The first-order valence-corrected chi connectivity index (χ1v) is 5.38. The lowest BCUT2D eigenvalue weighted by Gasteiger charge is -1.98. The summed E-state index contributed by atoms with van der Waals surface area (Å²) in [6.07, 6.45) is 1.67. The first-order chi connectivity index (χ1) is 8.22. The number of benzene rings is 1. The van der Waals surface area contributed by atoms with Gasteiger partial charge in [0.1, 0.15) is 0 Å². The summed E-state index contributed by atoms with van der Waals surface area (Å²) in [5.74, 6) is 0.466. The molecule has 3 rings (SSSR count). The molecular formula is C12H8ClN3O. The average molecular weight is 246 g/mol. The second kappa shape index (κ2) is 3.75. The maximum atomic E-state index is 5.93. The van der Waals surface area contributed by atoms with E-state index >= 15 is 0 Å². The normalized spacial score (nSPS) is 10.9. The van der Waals surface area contributed by atoms with Crippen molar-refractivity contribution in [3.63, 3.8) is 0 Å². The Hall–Kier alpha value is -2.07. The number of nitrogens with two attached hydrogens (primary N) is 1. The summed E-state index contributed by atoms with van der Waals surface area (Å²) in [5.41, 5.74) is 8.25. The van der Waals surface area contributed by atoms with Crippen LogP contribution in [0.5, 0.6) is 0 Å². The summed E-state index contributed by atoms with van der Waals surface area (Å²) < 4.78 is 5.58. The molecule has 2 N–H and O–H groups in total. The molecule has 0 saturated carbocycles. The standard InChI is InChI=1S/C12H8ClN3O/c13-8-4-7(5-9(14)6-8)12-16-11-10(17-12)2-1-3-15-11/h1-6H,14H2. The number of nitrogen functional groups attached to an aromatic ring is 1. The predicted octanol–water partition coefficient (Wildman–Crippen LogP) is 3.13. The van der Waals surface area contributed by atoms with Crippen LogP contribution < -0.4 is 5.73 Å². The summed E-state index contributed by atoms with van der Waals surface area (Å²) in [6.45, 7) is 0. The van der Waals surface area contributed by atoms with Gasteiger partial charge in [-0.05, 0) is 30.3 Å². The van der Waals surface area contributed by atoms with Crippen molar-refractivity contribution >= 4 is 28.5 Å². The molecule has 1 aromatic carbocycles. The zero-order valence-corrected chi connectivity index (χ0v) is 9.48. The molecule has 0 aliphatic heterocycles. The number of rotatable bonds is 1. The Kier molecular flexibility index (Phi) is 2.23. The Balaban J connectivity index is 2.20. The third-order valence-electron chi connectivity index (χ3n) is 2.33. The Morgan fingerprint density at radius 1 is 1.24 bits per heavy atom. The molecule has 0 atom stereocenters. The number of anilines is 1. The van der Waals surface area contributed by atoms with Gasteiger partial charge in [-0.3, -0.25) is 0 Å². The van der Waals surface area contributed by atoms with E-state index in [1.165, 1.54) is 0 Å². The molecule has 0 aliphatic rings. The summed E-state index contributed by atoms with van der Waals surface area (Å²) in [7, 11) is 0. The minimum atomic E-state index is 0.466. The largest absolute Gasteiger partial charge is 0.434 e. The van der Waals surface area contributed by atoms with Crippen LogP contribution in [0.4, 0.5) is 5.69 Å². The van der Waals surface area contributed by atoms with Crippen LogP contribution in [0, 0.1) is 0 Å². The molecule has 0 unspecified atom stereocenters. The second-order valence-electron chi connectivity index (χ2n) is 3.62. The maximum absolute atomic E-state index is 5.93. The molecule has 4 nitrogen and oxygen atoms in total. The number of pyridine rings is 1. The van der Waals surface area contributed by atoms with Crippen molar-refractivity contribution in [1.82, 2.24) is 9.97 Å². The summed E-state index contributed by atoms with van der Waals surface area (Å²) in [4.78, 5) is 8.38. The number of hydrogen-bond acceptors (Lipinski definition) is 4. The molecule has 2 heterocycles. The van der Waals surface area contributed by atoms with E-state index in [4.69, 9.17) is 21.8 Å². The Bertz CT molecular complexity index is 640. The van der Waals surface area contributed by atoms with Gasteiger partial charge in [0.25, 0.3) is 0 Å². The van der Waals surface area contributed by atoms with Gasteiger partial charge in [-0.2, -0.15) is 4.98 Å². The molecule has 5 heteroatoms. The molecular weight excluding hydrogens is 238 g/mol. The molecule has 3 aromatic rings. The smallest absolute Gasteiger partial charge is 0.229 e. The van der Waals surface area contributed by atoms with Crippen LogP contribution >= 0.6 is 11.6 Å². The fraction of sp³-hybridized carbons (Fsp3) is 0. The first kappa shape index (κ1) is 10.1. The molecule has 0 saturated heterocycles. The molecule has 17 heavy (non-hydrogen) atoms. The van der Waals surface area contributed by atoms with E-state index in [1.807, 2.05) is 6.07 Å². The van der Waals surface area contributed by atoms with E-state index in [1.54, 1.807) is 30.5 Å². The average Bonchev–Trinajstić information content (AvgIpc) is 2.71. The van der Waals surface area contributed by atoms with E-state index in [2.05, 4.69) is 9.97 Å². The van der Waals surface area contributed by atoms with E-state index in [-0.39, 0.29) is 0 Å².